The number of imidazole rings is 1. The maximum Gasteiger partial charge on any atom is 0.329 e. The molecule has 28 heavy (non-hydrogen) atoms. The van der Waals surface area contributed by atoms with Crippen LogP contribution in [0.25, 0.3) is 11.2 Å². The molecule has 148 valence electrons. The molecule has 0 saturated heterocycles. The summed E-state index contributed by atoms with van der Waals surface area (Å²) in [5, 5.41) is 13.5. The maximum atomic E-state index is 12.4. The highest BCUT2D eigenvalue weighted by Crippen LogP contribution is 2.17. The van der Waals surface area contributed by atoms with Gasteiger partial charge in [-0.2, -0.15) is 4.98 Å². The molecule has 3 aromatic rings. The van der Waals surface area contributed by atoms with Crippen molar-refractivity contribution in [2.45, 2.75) is 19.2 Å². The first kappa shape index (κ1) is 19.6. The number of hydrogen-bond donors (Lipinski definition) is 3. The second-order valence-electron chi connectivity index (χ2n) is 6.36. The number of aliphatic hydroxyl groups excluding tert-OH is 1. The summed E-state index contributed by atoms with van der Waals surface area (Å²) in [6.45, 7) is 4.50. The number of nitrogens with zero attached hydrogens (tertiary/aromatic N) is 3. The van der Waals surface area contributed by atoms with E-state index in [1.807, 2.05) is 30.3 Å². The van der Waals surface area contributed by atoms with E-state index in [1.54, 1.807) is 10.6 Å². The van der Waals surface area contributed by atoms with Gasteiger partial charge in [-0.1, -0.05) is 36.4 Å². The molecule has 0 aliphatic carbocycles. The number of rotatable bonds is 9. The molecule has 2 heterocycles. The van der Waals surface area contributed by atoms with E-state index in [1.165, 1.54) is 11.6 Å². The minimum atomic E-state index is -0.869. The largest absolute Gasteiger partial charge is 0.389 e. The Morgan fingerprint density at radius 1 is 1.36 bits per heavy atom. The number of H-pyrrole nitrogens is 1. The molecule has 0 radical (unpaired) electrons. The maximum absolute atomic E-state index is 12.4. The summed E-state index contributed by atoms with van der Waals surface area (Å²) in [7, 11) is 1.53. The predicted octanol–water partition coefficient (Wildman–Crippen LogP) is 0.599. The first-order valence-corrected chi connectivity index (χ1v) is 8.85. The Kier molecular flexibility index (Phi) is 6.07. The molecule has 0 saturated carbocycles. The van der Waals surface area contributed by atoms with Gasteiger partial charge in [0.2, 0.25) is 5.95 Å². The first-order valence-electron chi connectivity index (χ1n) is 8.85. The summed E-state index contributed by atoms with van der Waals surface area (Å²) in [6, 6.07) is 9.69. The SMILES string of the molecule is C=CCOCC(O)Cn1c(NCc2ccccc2)nc2c1c(=O)[nH]c(=O)n2C. The van der Waals surface area contributed by atoms with Crippen LogP contribution in [0.4, 0.5) is 5.95 Å². The molecule has 0 fully saturated rings. The summed E-state index contributed by atoms with van der Waals surface area (Å²) >= 11 is 0. The van der Waals surface area contributed by atoms with Gasteiger partial charge in [0.15, 0.2) is 11.2 Å². The number of aromatic amines is 1. The van der Waals surface area contributed by atoms with E-state index in [9.17, 15) is 14.7 Å². The van der Waals surface area contributed by atoms with Crippen LogP contribution < -0.4 is 16.6 Å². The molecule has 2 aromatic heterocycles. The van der Waals surface area contributed by atoms with Crippen LogP contribution in [0.15, 0.2) is 52.6 Å². The van der Waals surface area contributed by atoms with Crippen molar-refractivity contribution in [2.75, 3.05) is 18.5 Å². The van der Waals surface area contributed by atoms with E-state index in [2.05, 4.69) is 21.9 Å². The average Bonchev–Trinajstić information content (AvgIpc) is 3.04. The normalized spacial score (nSPS) is 12.2. The lowest BCUT2D eigenvalue weighted by Crippen LogP contribution is -2.30. The summed E-state index contributed by atoms with van der Waals surface area (Å²) < 4.78 is 8.12. The predicted molar refractivity (Wildman–Crippen MR) is 106 cm³/mol. The monoisotopic (exact) mass is 385 g/mol. The molecule has 1 atom stereocenters. The molecule has 0 aliphatic rings. The van der Waals surface area contributed by atoms with Gasteiger partial charge in [-0.15, -0.1) is 6.58 Å². The minimum Gasteiger partial charge on any atom is -0.389 e. The molecule has 3 rings (SSSR count). The number of hydrogen-bond acceptors (Lipinski definition) is 6. The van der Waals surface area contributed by atoms with Crippen molar-refractivity contribution in [3.8, 4) is 0 Å². The second-order valence-corrected chi connectivity index (χ2v) is 6.36. The van der Waals surface area contributed by atoms with Crippen LogP contribution in [-0.2, 0) is 24.9 Å². The number of aromatic nitrogens is 4. The van der Waals surface area contributed by atoms with Gasteiger partial charge in [-0.3, -0.25) is 14.3 Å². The van der Waals surface area contributed by atoms with Crippen LogP contribution in [-0.4, -0.2) is 43.5 Å². The van der Waals surface area contributed by atoms with E-state index >= 15 is 0 Å². The molecule has 3 N–H and O–H groups in total. The van der Waals surface area contributed by atoms with E-state index in [4.69, 9.17) is 4.74 Å². The quantitative estimate of drug-likeness (QED) is 0.367. The lowest BCUT2D eigenvalue weighted by atomic mass is 10.2. The third-order valence-corrected chi connectivity index (χ3v) is 4.24. The van der Waals surface area contributed by atoms with E-state index in [0.29, 0.717) is 19.1 Å². The Labute approximate surface area is 160 Å². The molecule has 0 amide bonds. The van der Waals surface area contributed by atoms with Gasteiger partial charge < -0.3 is 19.7 Å². The third kappa shape index (κ3) is 4.21. The van der Waals surface area contributed by atoms with Crippen LogP contribution in [0.3, 0.4) is 0 Å². The number of ether oxygens (including phenoxy) is 1. The number of aryl methyl sites for hydroxylation is 1. The Bertz CT molecular complexity index is 1070. The van der Waals surface area contributed by atoms with Crippen molar-refractivity contribution in [1.29, 1.82) is 0 Å². The van der Waals surface area contributed by atoms with Crippen molar-refractivity contribution in [3.63, 3.8) is 0 Å². The summed E-state index contributed by atoms with van der Waals surface area (Å²) in [6.07, 6.45) is 0.721. The van der Waals surface area contributed by atoms with E-state index in [0.717, 1.165) is 5.56 Å². The fourth-order valence-corrected chi connectivity index (χ4v) is 2.88. The third-order valence-electron chi connectivity index (χ3n) is 4.24. The van der Waals surface area contributed by atoms with Crippen LogP contribution >= 0.6 is 0 Å². The number of nitrogens with one attached hydrogen (secondary N) is 2. The van der Waals surface area contributed by atoms with Crippen LogP contribution in [0, 0.1) is 0 Å². The van der Waals surface area contributed by atoms with E-state index < -0.39 is 17.4 Å². The number of anilines is 1. The molecule has 0 bridgehead atoms. The first-order chi connectivity index (χ1) is 13.5. The van der Waals surface area contributed by atoms with Gasteiger partial charge in [-0.05, 0) is 5.56 Å². The zero-order valence-corrected chi connectivity index (χ0v) is 15.6. The van der Waals surface area contributed by atoms with Crippen molar-refractivity contribution in [2.24, 2.45) is 7.05 Å². The topological polar surface area (TPSA) is 114 Å². The zero-order valence-electron chi connectivity index (χ0n) is 15.6. The van der Waals surface area contributed by atoms with Gasteiger partial charge >= 0.3 is 5.69 Å². The highest BCUT2D eigenvalue weighted by Gasteiger charge is 2.19. The summed E-state index contributed by atoms with van der Waals surface area (Å²) in [4.78, 5) is 31.0. The Balaban J connectivity index is 1.97. The lowest BCUT2D eigenvalue weighted by Gasteiger charge is -2.15. The Hall–Kier alpha value is -3.17. The number of fused-ring (bicyclic) bond motifs is 1. The van der Waals surface area contributed by atoms with E-state index in [-0.39, 0.29) is 24.3 Å². The number of aliphatic hydroxyl groups is 1. The standard InChI is InChI=1S/C19H23N5O4/c1-3-9-28-12-14(25)11-24-15-16(23(2)19(27)22-17(15)26)21-18(24)20-10-13-7-5-4-6-8-13/h3-8,14,25H,1,9-12H2,2H3,(H,20,21)(H,22,26,27). The lowest BCUT2D eigenvalue weighted by molar-refractivity contribution is 0.0405. The van der Waals surface area contributed by atoms with Crippen LogP contribution in [0.1, 0.15) is 5.56 Å². The molecule has 0 aliphatic heterocycles. The molecule has 1 unspecified atom stereocenters. The molecule has 9 heteroatoms. The molecule has 0 spiro atoms. The smallest absolute Gasteiger partial charge is 0.329 e. The van der Waals surface area contributed by atoms with Crippen molar-refractivity contribution in [3.05, 3.63) is 69.4 Å². The highest BCUT2D eigenvalue weighted by molar-refractivity contribution is 5.74. The number of benzene rings is 1. The van der Waals surface area contributed by atoms with Gasteiger partial charge in [0.05, 0.1) is 25.9 Å². The van der Waals surface area contributed by atoms with Crippen molar-refractivity contribution < 1.29 is 9.84 Å². The molecular weight excluding hydrogens is 362 g/mol. The Morgan fingerprint density at radius 2 is 2.11 bits per heavy atom. The fraction of sp³-hybridized carbons (Fsp3) is 0.316. The fourth-order valence-electron chi connectivity index (χ4n) is 2.88. The van der Waals surface area contributed by atoms with Gasteiger partial charge in [0, 0.05) is 13.6 Å². The minimum absolute atomic E-state index is 0.0754. The van der Waals surface area contributed by atoms with Crippen LogP contribution in [0.2, 0.25) is 0 Å². The average molecular weight is 385 g/mol. The van der Waals surface area contributed by atoms with Crippen molar-refractivity contribution >= 4 is 17.1 Å². The molecular formula is C19H23N5O4. The van der Waals surface area contributed by atoms with Gasteiger partial charge in [0.1, 0.15) is 0 Å². The highest BCUT2D eigenvalue weighted by atomic mass is 16.5. The zero-order chi connectivity index (χ0) is 20.1. The summed E-state index contributed by atoms with van der Waals surface area (Å²) in [5.74, 6) is 0.383. The molecule has 9 nitrogen and oxygen atoms in total. The second kappa shape index (κ2) is 8.68. The van der Waals surface area contributed by atoms with Gasteiger partial charge in [0.25, 0.3) is 5.56 Å². The van der Waals surface area contributed by atoms with Crippen LogP contribution in [0.5, 0.6) is 0 Å². The van der Waals surface area contributed by atoms with Gasteiger partial charge in [-0.25, -0.2) is 4.79 Å². The molecule has 1 aromatic carbocycles. The summed E-state index contributed by atoms with van der Waals surface area (Å²) in [5.41, 5.74) is 0.368. The van der Waals surface area contributed by atoms with Crippen molar-refractivity contribution in [1.82, 2.24) is 19.1 Å². The Morgan fingerprint density at radius 3 is 2.82 bits per heavy atom.